The van der Waals surface area contributed by atoms with Gasteiger partial charge in [0.05, 0.1) is 10.6 Å². The van der Waals surface area contributed by atoms with E-state index in [2.05, 4.69) is 14.9 Å². The Balaban J connectivity index is 1.34. The lowest BCUT2D eigenvalue weighted by Crippen LogP contribution is -2.50. The van der Waals surface area contributed by atoms with Crippen molar-refractivity contribution in [3.63, 3.8) is 0 Å². The first-order valence-corrected chi connectivity index (χ1v) is 9.88. The Morgan fingerprint density at radius 1 is 1.00 bits per heavy atom. The lowest BCUT2D eigenvalue weighted by molar-refractivity contribution is -0.385. The second kappa shape index (κ2) is 9.21. The zero-order valence-electron chi connectivity index (χ0n) is 16.8. The summed E-state index contributed by atoms with van der Waals surface area (Å²) in [6.07, 6.45) is 1.55. The van der Waals surface area contributed by atoms with Gasteiger partial charge in [-0.2, -0.15) is 0 Å². The van der Waals surface area contributed by atoms with Gasteiger partial charge in [-0.15, -0.1) is 0 Å². The minimum atomic E-state index is -0.524. The third kappa shape index (κ3) is 4.77. The SMILES string of the molecule is O=C(COc1ccccc1[N+](=O)[O-])N1CCN(c2cc(-c3ccccc3)ncn2)CC1. The predicted molar refractivity (Wildman–Crippen MR) is 115 cm³/mol. The fourth-order valence-electron chi connectivity index (χ4n) is 3.43. The summed E-state index contributed by atoms with van der Waals surface area (Å²) >= 11 is 0. The fourth-order valence-corrected chi connectivity index (χ4v) is 3.43. The second-order valence-electron chi connectivity index (χ2n) is 7.01. The third-order valence-electron chi connectivity index (χ3n) is 5.09. The van der Waals surface area contributed by atoms with Crippen molar-refractivity contribution in [1.29, 1.82) is 0 Å². The molecule has 0 saturated carbocycles. The molecule has 0 atom stereocenters. The van der Waals surface area contributed by atoms with Crippen molar-refractivity contribution in [2.45, 2.75) is 0 Å². The Morgan fingerprint density at radius 3 is 2.45 bits per heavy atom. The first kappa shape index (κ1) is 20.3. The molecule has 3 aromatic rings. The van der Waals surface area contributed by atoms with Gasteiger partial charge < -0.3 is 14.5 Å². The highest BCUT2D eigenvalue weighted by Crippen LogP contribution is 2.26. The van der Waals surface area contributed by atoms with Crippen LogP contribution in [-0.2, 0) is 4.79 Å². The van der Waals surface area contributed by atoms with E-state index in [1.165, 1.54) is 12.1 Å². The molecule has 1 amide bonds. The van der Waals surface area contributed by atoms with Crippen LogP contribution in [0.2, 0.25) is 0 Å². The molecule has 2 aromatic carbocycles. The molecule has 1 aromatic heterocycles. The van der Waals surface area contributed by atoms with E-state index in [0.29, 0.717) is 26.2 Å². The lowest BCUT2D eigenvalue weighted by Gasteiger charge is -2.35. The maximum absolute atomic E-state index is 12.5. The Hall–Kier alpha value is -4.01. The van der Waals surface area contributed by atoms with E-state index >= 15 is 0 Å². The van der Waals surface area contributed by atoms with Crippen LogP contribution in [-0.4, -0.2) is 58.5 Å². The van der Waals surface area contributed by atoms with Crippen LogP contribution in [0.5, 0.6) is 5.75 Å². The van der Waals surface area contributed by atoms with Crippen molar-refractivity contribution < 1.29 is 14.5 Å². The van der Waals surface area contributed by atoms with Crippen molar-refractivity contribution >= 4 is 17.4 Å². The van der Waals surface area contributed by atoms with Crippen LogP contribution in [0.4, 0.5) is 11.5 Å². The third-order valence-corrected chi connectivity index (χ3v) is 5.09. The summed E-state index contributed by atoms with van der Waals surface area (Å²) in [5.41, 5.74) is 1.71. The number of ether oxygens (including phenoxy) is 1. The molecular formula is C22H21N5O4. The van der Waals surface area contributed by atoms with Crippen molar-refractivity contribution in [3.05, 3.63) is 77.1 Å². The molecule has 0 aliphatic carbocycles. The van der Waals surface area contributed by atoms with Crippen LogP contribution in [0.25, 0.3) is 11.3 Å². The number of aromatic nitrogens is 2. The van der Waals surface area contributed by atoms with Crippen molar-refractivity contribution in [2.24, 2.45) is 0 Å². The molecular weight excluding hydrogens is 398 g/mol. The summed E-state index contributed by atoms with van der Waals surface area (Å²) < 4.78 is 5.42. The summed E-state index contributed by atoms with van der Waals surface area (Å²) in [5.74, 6) is 0.705. The summed E-state index contributed by atoms with van der Waals surface area (Å²) in [5, 5.41) is 11.1. The number of piperazine rings is 1. The normalized spacial score (nSPS) is 13.7. The summed E-state index contributed by atoms with van der Waals surface area (Å²) in [6.45, 7) is 2.05. The van der Waals surface area contributed by atoms with Gasteiger partial charge in [-0.3, -0.25) is 14.9 Å². The van der Waals surface area contributed by atoms with E-state index in [1.807, 2.05) is 36.4 Å². The van der Waals surface area contributed by atoms with E-state index in [9.17, 15) is 14.9 Å². The Morgan fingerprint density at radius 2 is 1.71 bits per heavy atom. The molecule has 1 fully saturated rings. The average Bonchev–Trinajstić information content (AvgIpc) is 2.83. The minimum Gasteiger partial charge on any atom is -0.477 e. The zero-order chi connectivity index (χ0) is 21.6. The molecule has 0 unspecified atom stereocenters. The number of anilines is 1. The number of nitrogens with zero attached hydrogens (tertiary/aromatic N) is 5. The van der Waals surface area contributed by atoms with Gasteiger partial charge in [0.2, 0.25) is 0 Å². The van der Waals surface area contributed by atoms with Crippen LogP contribution in [0, 0.1) is 10.1 Å². The first-order chi connectivity index (χ1) is 15.1. The molecule has 158 valence electrons. The number of carbonyl (C=O) groups is 1. The van der Waals surface area contributed by atoms with E-state index in [-0.39, 0.29) is 24.0 Å². The number of amides is 1. The number of hydrogen-bond acceptors (Lipinski definition) is 7. The highest BCUT2D eigenvalue weighted by molar-refractivity contribution is 5.78. The molecule has 0 bridgehead atoms. The van der Waals surface area contributed by atoms with Gasteiger partial charge in [0.15, 0.2) is 12.4 Å². The van der Waals surface area contributed by atoms with Crippen LogP contribution < -0.4 is 9.64 Å². The van der Waals surface area contributed by atoms with Gasteiger partial charge in [0.25, 0.3) is 5.91 Å². The van der Waals surface area contributed by atoms with Crippen LogP contribution in [0.15, 0.2) is 67.0 Å². The summed E-state index contributed by atoms with van der Waals surface area (Å²) in [4.78, 5) is 35.6. The van der Waals surface area contributed by atoms with Gasteiger partial charge in [0, 0.05) is 43.9 Å². The summed E-state index contributed by atoms with van der Waals surface area (Å²) in [7, 11) is 0. The minimum absolute atomic E-state index is 0.0916. The van der Waals surface area contributed by atoms with Crippen molar-refractivity contribution in [3.8, 4) is 17.0 Å². The van der Waals surface area contributed by atoms with Crippen LogP contribution in [0.1, 0.15) is 0 Å². The molecule has 0 N–H and O–H groups in total. The number of para-hydroxylation sites is 2. The molecule has 4 rings (SSSR count). The quantitative estimate of drug-likeness (QED) is 0.447. The van der Waals surface area contributed by atoms with E-state index in [0.717, 1.165) is 17.1 Å². The molecule has 1 saturated heterocycles. The maximum Gasteiger partial charge on any atom is 0.310 e. The van der Waals surface area contributed by atoms with Crippen LogP contribution in [0.3, 0.4) is 0 Å². The Labute approximate surface area is 179 Å². The zero-order valence-corrected chi connectivity index (χ0v) is 16.8. The predicted octanol–water partition coefficient (Wildman–Crippen LogP) is 2.78. The van der Waals surface area contributed by atoms with Gasteiger partial charge in [-0.25, -0.2) is 9.97 Å². The molecule has 9 nitrogen and oxygen atoms in total. The Bertz CT molecular complexity index is 1070. The first-order valence-electron chi connectivity index (χ1n) is 9.88. The second-order valence-corrected chi connectivity index (χ2v) is 7.01. The summed E-state index contributed by atoms with van der Waals surface area (Å²) in [6, 6.07) is 17.9. The van der Waals surface area contributed by atoms with Gasteiger partial charge in [-0.1, -0.05) is 42.5 Å². The molecule has 0 radical (unpaired) electrons. The fraction of sp³-hybridized carbons (Fsp3) is 0.227. The molecule has 1 aliphatic heterocycles. The van der Waals surface area contributed by atoms with Gasteiger partial charge >= 0.3 is 5.69 Å². The van der Waals surface area contributed by atoms with Crippen LogP contribution >= 0.6 is 0 Å². The van der Waals surface area contributed by atoms with Crippen molar-refractivity contribution in [2.75, 3.05) is 37.7 Å². The maximum atomic E-state index is 12.5. The van der Waals surface area contributed by atoms with E-state index in [1.54, 1.807) is 23.4 Å². The van der Waals surface area contributed by atoms with E-state index in [4.69, 9.17) is 4.74 Å². The molecule has 2 heterocycles. The van der Waals surface area contributed by atoms with Gasteiger partial charge in [-0.05, 0) is 6.07 Å². The molecule has 0 spiro atoms. The van der Waals surface area contributed by atoms with Crippen molar-refractivity contribution in [1.82, 2.24) is 14.9 Å². The topological polar surface area (TPSA) is 102 Å². The molecule has 9 heteroatoms. The lowest BCUT2D eigenvalue weighted by atomic mass is 10.1. The molecule has 31 heavy (non-hydrogen) atoms. The molecule has 1 aliphatic rings. The monoisotopic (exact) mass is 419 g/mol. The number of carbonyl (C=O) groups excluding carboxylic acids is 1. The highest BCUT2D eigenvalue weighted by atomic mass is 16.6. The Kier molecular flexibility index (Phi) is 6.02. The smallest absolute Gasteiger partial charge is 0.310 e. The number of benzene rings is 2. The largest absolute Gasteiger partial charge is 0.477 e. The number of nitro groups is 1. The van der Waals surface area contributed by atoms with E-state index < -0.39 is 4.92 Å². The highest BCUT2D eigenvalue weighted by Gasteiger charge is 2.23. The number of nitro benzene ring substituents is 1. The number of rotatable bonds is 6. The number of hydrogen-bond donors (Lipinski definition) is 0. The standard InChI is InChI=1S/C22H21N5O4/c28-22(15-31-20-9-5-4-8-19(20)27(29)30)26-12-10-25(11-13-26)21-14-18(23-16-24-21)17-6-2-1-3-7-17/h1-9,14,16H,10-13,15H2. The average molecular weight is 419 g/mol. The van der Waals surface area contributed by atoms with Gasteiger partial charge in [0.1, 0.15) is 12.1 Å².